The predicted molar refractivity (Wildman–Crippen MR) is 46.9 cm³/mol. The summed E-state index contributed by atoms with van der Waals surface area (Å²) in [4.78, 5) is 0. The third-order valence-corrected chi connectivity index (χ3v) is 3.14. The van der Waals surface area contributed by atoms with E-state index in [2.05, 4.69) is 4.72 Å². The predicted octanol–water partition coefficient (Wildman–Crippen LogP) is -0.845. The molecule has 0 aromatic rings. The molecule has 0 aromatic heterocycles. The maximum atomic E-state index is 11.3. The third-order valence-electron chi connectivity index (χ3n) is 1.37. The number of hydrogen-bond acceptors (Lipinski definition) is 3. The second kappa shape index (κ2) is 5.47. The SMILES string of the molecule is CCNS(=O)(=O)N(CC)CCO. The van der Waals surface area contributed by atoms with Crippen molar-refractivity contribution in [3.63, 3.8) is 0 Å². The van der Waals surface area contributed by atoms with Crippen molar-refractivity contribution >= 4 is 10.2 Å². The van der Waals surface area contributed by atoms with Gasteiger partial charge in [0.05, 0.1) is 6.61 Å². The zero-order valence-corrected chi connectivity index (χ0v) is 8.26. The van der Waals surface area contributed by atoms with Crippen molar-refractivity contribution < 1.29 is 13.5 Å². The van der Waals surface area contributed by atoms with Crippen LogP contribution in [0.2, 0.25) is 0 Å². The summed E-state index contributed by atoms with van der Waals surface area (Å²) in [5.74, 6) is 0. The van der Waals surface area contributed by atoms with E-state index in [1.807, 2.05) is 0 Å². The molecule has 0 radical (unpaired) electrons. The summed E-state index contributed by atoms with van der Waals surface area (Å²) >= 11 is 0. The molecule has 0 unspecified atom stereocenters. The maximum absolute atomic E-state index is 11.3. The van der Waals surface area contributed by atoms with Gasteiger partial charge in [0.2, 0.25) is 0 Å². The lowest BCUT2D eigenvalue weighted by Crippen LogP contribution is -2.41. The largest absolute Gasteiger partial charge is 0.395 e. The molecule has 74 valence electrons. The number of nitrogens with zero attached hydrogens (tertiary/aromatic N) is 1. The summed E-state index contributed by atoms with van der Waals surface area (Å²) in [5, 5.41) is 8.57. The summed E-state index contributed by atoms with van der Waals surface area (Å²) in [5.41, 5.74) is 0. The van der Waals surface area contributed by atoms with Gasteiger partial charge in [-0.25, -0.2) is 4.72 Å². The van der Waals surface area contributed by atoms with Crippen molar-refractivity contribution in [2.45, 2.75) is 13.8 Å². The Balaban J connectivity index is 4.27. The van der Waals surface area contributed by atoms with E-state index in [-0.39, 0.29) is 13.2 Å². The molecule has 0 rings (SSSR count). The van der Waals surface area contributed by atoms with Gasteiger partial charge in [-0.2, -0.15) is 12.7 Å². The van der Waals surface area contributed by atoms with E-state index in [1.165, 1.54) is 4.31 Å². The highest BCUT2D eigenvalue weighted by atomic mass is 32.2. The van der Waals surface area contributed by atoms with E-state index in [4.69, 9.17) is 5.11 Å². The Morgan fingerprint density at radius 1 is 1.42 bits per heavy atom. The van der Waals surface area contributed by atoms with Crippen LogP contribution in [0.1, 0.15) is 13.8 Å². The molecule has 0 aliphatic heterocycles. The third kappa shape index (κ3) is 3.48. The Morgan fingerprint density at radius 3 is 2.33 bits per heavy atom. The number of rotatable bonds is 6. The van der Waals surface area contributed by atoms with Crippen molar-refractivity contribution in [3.05, 3.63) is 0 Å². The van der Waals surface area contributed by atoms with Crippen molar-refractivity contribution in [3.8, 4) is 0 Å². The van der Waals surface area contributed by atoms with Crippen LogP contribution >= 0.6 is 0 Å². The minimum absolute atomic E-state index is 0.145. The van der Waals surface area contributed by atoms with E-state index in [0.29, 0.717) is 13.1 Å². The van der Waals surface area contributed by atoms with Crippen LogP contribution in [0.5, 0.6) is 0 Å². The second-order valence-corrected chi connectivity index (χ2v) is 3.97. The zero-order valence-electron chi connectivity index (χ0n) is 7.45. The lowest BCUT2D eigenvalue weighted by atomic mass is 10.6. The lowest BCUT2D eigenvalue weighted by molar-refractivity contribution is 0.256. The Morgan fingerprint density at radius 2 is 2.00 bits per heavy atom. The molecule has 0 bridgehead atoms. The van der Waals surface area contributed by atoms with Crippen molar-refractivity contribution in [1.29, 1.82) is 0 Å². The molecule has 0 atom stereocenters. The van der Waals surface area contributed by atoms with Gasteiger partial charge in [0.1, 0.15) is 0 Å². The molecule has 0 amide bonds. The van der Waals surface area contributed by atoms with E-state index in [0.717, 1.165) is 0 Å². The molecule has 0 saturated heterocycles. The fourth-order valence-electron chi connectivity index (χ4n) is 0.833. The van der Waals surface area contributed by atoms with Crippen LogP contribution in [0.4, 0.5) is 0 Å². The molecule has 0 spiro atoms. The van der Waals surface area contributed by atoms with E-state index < -0.39 is 10.2 Å². The van der Waals surface area contributed by atoms with E-state index in [1.54, 1.807) is 13.8 Å². The first-order chi connectivity index (χ1) is 5.58. The fraction of sp³-hybridized carbons (Fsp3) is 1.00. The maximum Gasteiger partial charge on any atom is 0.279 e. The second-order valence-electron chi connectivity index (χ2n) is 2.22. The minimum Gasteiger partial charge on any atom is -0.395 e. The van der Waals surface area contributed by atoms with Crippen molar-refractivity contribution in [1.82, 2.24) is 9.03 Å². The molecule has 0 aliphatic carbocycles. The first kappa shape index (κ1) is 11.8. The standard InChI is InChI=1S/C6H16N2O3S/c1-3-7-12(10,11)8(4-2)5-6-9/h7,9H,3-6H2,1-2H3. The summed E-state index contributed by atoms with van der Waals surface area (Å²) < 4.78 is 26.0. The van der Waals surface area contributed by atoms with Crippen LogP contribution in [0.15, 0.2) is 0 Å². The van der Waals surface area contributed by atoms with Gasteiger partial charge in [-0.05, 0) is 0 Å². The fourth-order valence-corrected chi connectivity index (χ4v) is 2.04. The van der Waals surface area contributed by atoms with Crippen molar-refractivity contribution in [2.75, 3.05) is 26.2 Å². The molecule has 6 heteroatoms. The van der Waals surface area contributed by atoms with Gasteiger partial charge < -0.3 is 5.11 Å². The molecule has 0 aliphatic rings. The molecule has 5 nitrogen and oxygen atoms in total. The summed E-state index contributed by atoms with van der Waals surface area (Å²) in [6.45, 7) is 4.17. The summed E-state index contributed by atoms with van der Waals surface area (Å²) in [7, 11) is -3.36. The molecule has 12 heavy (non-hydrogen) atoms. The number of hydrogen-bond donors (Lipinski definition) is 2. The number of nitrogens with one attached hydrogen (secondary N) is 1. The normalized spacial score (nSPS) is 12.3. The average molecular weight is 196 g/mol. The van der Waals surface area contributed by atoms with E-state index >= 15 is 0 Å². The molecule has 0 fully saturated rings. The topological polar surface area (TPSA) is 69.6 Å². The first-order valence-electron chi connectivity index (χ1n) is 3.94. The minimum atomic E-state index is -3.36. The highest BCUT2D eigenvalue weighted by Gasteiger charge is 2.17. The molecular formula is C6H16N2O3S. The van der Waals surface area contributed by atoms with Gasteiger partial charge in [0.25, 0.3) is 10.2 Å². The van der Waals surface area contributed by atoms with Crippen LogP contribution in [0, 0.1) is 0 Å². The quantitative estimate of drug-likeness (QED) is 0.581. The Kier molecular flexibility index (Phi) is 5.39. The molecule has 0 heterocycles. The van der Waals surface area contributed by atoms with Gasteiger partial charge in [0.15, 0.2) is 0 Å². The number of aliphatic hydroxyl groups excluding tert-OH is 1. The van der Waals surface area contributed by atoms with Crippen LogP contribution in [-0.2, 0) is 10.2 Å². The smallest absolute Gasteiger partial charge is 0.279 e. The lowest BCUT2D eigenvalue weighted by Gasteiger charge is -2.18. The Labute approximate surface area is 73.6 Å². The Hall–Kier alpha value is -0.170. The first-order valence-corrected chi connectivity index (χ1v) is 5.38. The van der Waals surface area contributed by atoms with Crippen LogP contribution in [0.3, 0.4) is 0 Å². The monoisotopic (exact) mass is 196 g/mol. The van der Waals surface area contributed by atoms with Gasteiger partial charge in [-0.1, -0.05) is 13.8 Å². The van der Waals surface area contributed by atoms with Crippen molar-refractivity contribution in [2.24, 2.45) is 0 Å². The highest BCUT2D eigenvalue weighted by molar-refractivity contribution is 7.87. The zero-order chi connectivity index (χ0) is 9.61. The van der Waals surface area contributed by atoms with Gasteiger partial charge in [0, 0.05) is 19.6 Å². The molecule has 0 saturated carbocycles. The van der Waals surface area contributed by atoms with Gasteiger partial charge >= 0.3 is 0 Å². The van der Waals surface area contributed by atoms with Crippen LogP contribution < -0.4 is 4.72 Å². The molecule has 0 aromatic carbocycles. The van der Waals surface area contributed by atoms with E-state index in [9.17, 15) is 8.42 Å². The number of likely N-dealkylation sites (N-methyl/N-ethyl adjacent to an activating group) is 1. The number of aliphatic hydroxyl groups is 1. The van der Waals surface area contributed by atoms with Gasteiger partial charge in [-0.3, -0.25) is 0 Å². The molecular weight excluding hydrogens is 180 g/mol. The van der Waals surface area contributed by atoms with Crippen LogP contribution in [-0.4, -0.2) is 44.1 Å². The average Bonchev–Trinajstić information content (AvgIpc) is 1.99. The summed E-state index contributed by atoms with van der Waals surface area (Å²) in [6.07, 6.45) is 0. The molecule has 2 N–H and O–H groups in total. The highest BCUT2D eigenvalue weighted by Crippen LogP contribution is 1.95. The Bertz CT molecular complexity index is 203. The summed E-state index contributed by atoms with van der Waals surface area (Å²) in [6, 6.07) is 0. The van der Waals surface area contributed by atoms with Gasteiger partial charge in [-0.15, -0.1) is 0 Å². The van der Waals surface area contributed by atoms with Crippen LogP contribution in [0.25, 0.3) is 0 Å².